The summed E-state index contributed by atoms with van der Waals surface area (Å²) < 4.78 is 10.6. The molecule has 24 heavy (non-hydrogen) atoms. The maximum atomic E-state index is 12.1. The van der Waals surface area contributed by atoms with Crippen LogP contribution in [0.15, 0.2) is 42.5 Å². The lowest BCUT2D eigenvalue weighted by atomic mass is 10.1. The zero-order chi connectivity index (χ0) is 17.1. The van der Waals surface area contributed by atoms with Gasteiger partial charge in [0, 0.05) is 18.5 Å². The number of fused-ring (bicyclic) bond motifs is 1. The molecule has 1 amide bonds. The third-order valence-corrected chi connectivity index (χ3v) is 4.07. The Morgan fingerprint density at radius 1 is 1.25 bits per heavy atom. The summed E-state index contributed by atoms with van der Waals surface area (Å²) in [4.78, 5) is 13.6. The monoisotopic (exact) mass is 342 g/mol. The molecule has 6 heteroatoms. The van der Waals surface area contributed by atoms with Gasteiger partial charge in [-0.2, -0.15) is 5.26 Å². The van der Waals surface area contributed by atoms with Crippen molar-refractivity contribution in [2.24, 2.45) is 0 Å². The summed E-state index contributed by atoms with van der Waals surface area (Å²) in [6, 6.07) is 13.9. The summed E-state index contributed by atoms with van der Waals surface area (Å²) in [6.07, 6.45) is 0. The minimum atomic E-state index is -0.690. The van der Waals surface area contributed by atoms with Crippen LogP contribution in [0, 0.1) is 11.3 Å². The van der Waals surface area contributed by atoms with E-state index in [9.17, 15) is 10.1 Å². The van der Waals surface area contributed by atoms with Gasteiger partial charge in [-0.1, -0.05) is 29.8 Å². The molecular formula is C18H15ClN2O3. The van der Waals surface area contributed by atoms with E-state index in [0.717, 1.165) is 11.1 Å². The summed E-state index contributed by atoms with van der Waals surface area (Å²) in [5.41, 5.74) is 1.58. The van der Waals surface area contributed by atoms with Crippen molar-refractivity contribution in [3.63, 3.8) is 0 Å². The summed E-state index contributed by atoms with van der Waals surface area (Å²) >= 11 is 5.90. The first-order valence-corrected chi connectivity index (χ1v) is 7.77. The van der Waals surface area contributed by atoms with Crippen molar-refractivity contribution in [2.45, 2.75) is 19.5 Å². The van der Waals surface area contributed by atoms with Gasteiger partial charge in [0.2, 0.25) is 12.7 Å². The molecule has 0 N–H and O–H groups in total. The Labute approximate surface area is 145 Å². The van der Waals surface area contributed by atoms with Crippen molar-refractivity contribution in [1.29, 1.82) is 5.26 Å². The molecule has 0 aromatic heterocycles. The Morgan fingerprint density at radius 3 is 2.62 bits per heavy atom. The molecule has 2 aromatic rings. The van der Waals surface area contributed by atoms with E-state index in [1.54, 1.807) is 30.3 Å². The van der Waals surface area contributed by atoms with Crippen LogP contribution in [0.25, 0.3) is 0 Å². The minimum Gasteiger partial charge on any atom is -0.454 e. The predicted molar refractivity (Wildman–Crippen MR) is 88.6 cm³/mol. The smallest absolute Gasteiger partial charge is 0.231 e. The lowest BCUT2D eigenvalue weighted by Gasteiger charge is -2.26. The number of hydrogen-bond donors (Lipinski definition) is 0. The van der Waals surface area contributed by atoms with Gasteiger partial charge >= 0.3 is 0 Å². The second-order valence-electron chi connectivity index (χ2n) is 5.42. The number of amides is 1. The highest BCUT2D eigenvalue weighted by molar-refractivity contribution is 6.30. The Kier molecular flexibility index (Phi) is 4.59. The maximum Gasteiger partial charge on any atom is 0.231 e. The SMILES string of the molecule is CC(=O)N(Cc1ccc2c(c1)OCO2)C(C#N)c1ccc(Cl)cc1. The highest BCUT2D eigenvalue weighted by Gasteiger charge is 2.24. The highest BCUT2D eigenvalue weighted by atomic mass is 35.5. The zero-order valence-corrected chi connectivity index (χ0v) is 13.8. The van der Waals surface area contributed by atoms with Crippen molar-refractivity contribution in [3.8, 4) is 17.6 Å². The van der Waals surface area contributed by atoms with Gasteiger partial charge in [0.1, 0.15) is 6.04 Å². The molecule has 122 valence electrons. The Bertz CT molecular complexity index is 799. The fourth-order valence-corrected chi connectivity index (χ4v) is 2.72. The summed E-state index contributed by atoms with van der Waals surface area (Å²) in [7, 11) is 0. The molecule has 0 bridgehead atoms. The van der Waals surface area contributed by atoms with E-state index in [-0.39, 0.29) is 12.7 Å². The summed E-state index contributed by atoms with van der Waals surface area (Å²) in [5, 5.41) is 10.2. The molecule has 1 atom stereocenters. The quantitative estimate of drug-likeness (QED) is 0.850. The topological polar surface area (TPSA) is 62.6 Å². The van der Waals surface area contributed by atoms with E-state index < -0.39 is 6.04 Å². The molecule has 1 aliphatic heterocycles. The van der Waals surface area contributed by atoms with Gasteiger partial charge in [-0.3, -0.25) is 4.79 Å². The number of nitrogens with zero attached hydrogens (tertiary/aromatic N) is 2. The molecule has 0 spiro atoms. The maximum absolute atomic E-state index is 12.1. The third kappa shape index (κ3) is 3.29. The highest BCUT2D eigenvalue weighted by Crippen LogP contribution is 2.33. The fourth-order valence-electron chi connectivity index (χ4n) is 2.59. The number of carbonyl (C=O) groups is 1. The van der Waals surface area contributed by atoms with Crippen molar-refractivity contribution >= 4 is 17.5 Å². The first-order valence-electron chi connectivity index (χ1n) is 7.39. The van der Waals surface area contributed by atoms with Crippen LogP contribution >= 0.6 is 11.6 Å². The van der Waals surface area contributed by atoms with Crippen LogP contribution in [0.5, 0.6) is 11.5 Å². The van der Waals surface area contributed by atoms with Crippen LogP contribution in [0.4, 0.5) is 0 Å². The molecule has 0 saturated carbocycles. The van der Waals surface area contributed by atoms with Crippen LogP contribution < -0.4 is 9.47 Å². The normalized spacial score (nSPS) is 13.2. The van der Waals surface area contributed by atoms with Gasteiger partial charge in [0.05, 0.1) is 6.07 Å². The van der Waals surface area contributed by atoms with Crippen molar-refractivity contribution in [3.05, 3.63) is 58.6 Å². The number of benzene rings is 2. The molecule has 0 radical (unpaired) electrons. The molecule has 1 unspecified atom stereocenters. The average molecular weight is 343 g/mol. The van der Waals surface area contributed by atoms with Gasteiger partial charge in [0.15, 0.2) is 11.5 Å². The van der Waals surface area contributed by atoms with Crippen LogP contribution in [0.3, 0.4) is 0 Å². The van der Waals surface area contributed by atoms with Gasteiger partial charge in [-0.25, -0.2) is 0 Å². The second-order valence-corrected chi connectivity index (χ2v) is 5.85. The lowest BCUT2D eigenvalue weighted by Crippen LogP contribution is -2.32. The predicted octanol–water partition coefficient (Wildman–Crippen LogP) is 3.68. The number of rotatable bonds is 4. The number of hydrogen-bond acceptors (Lipinski definition) is 4. The Hall–Kier alpha value is -2.71. The number of ether oxygens (including phenoxy) is 2. The Balaban J connectivity index is 1.87. The van der Waals surface area contributed by atoms with E-state index in [4.69, 9.17) is 21.1 Å². The van der Waals surface area contributed by atoms with Crippen molar-refractivity contribution in [1.82, 2.24) is 4.90 Å². The molecule has 0 saturated heterocycles. The van der Waals surface area contributed by atoms with Gasteiger partial charge in [-0.05, 0) is 35.4 Å². The first-order chi connectivity index (χ1) is 11.6. The third-order valence-electron chi connectivity index (χ3n) is 3.81. The van der Waals surface area contributed by atoms with Gasteiger partial charge in [-0.15, -0.1) is 0 Å². The minimum absolute atomic E-state index is 0.186. The fraction of sp³-hybridized carbons (Fsp3) is 0.222. The van der Waals surface area contributed by atoms with E-state index in [1.165, 1.54) is 11.8 Å². The van der Waals surface area contributed by atoms with Crippen molar-refractivity contribution < 1.29 is 14.3 Å². The van der Waals surface area contributed by atoms with Gasteiger partial charge < -0.3 is 14.4 Å². The van der Waals surface area contributed by atoms with Crippen LogP contribution in [0.2, 0.25) is 5.02 Å². The lowest BCUT2D eigenvalue weighted by molar-refractivity contribution is -0.130. The first kappa shape index (κ1) is 16.2. The van der Waals surface area contributed by atoms with E-state index in [1.807, 2.05) is 12.1 Å². The van der Waals surface area contributed by atoms with Crippen LogP contribution in [-0.2, 0) is 11.3 Å². The van der Waals surface area contributed by atoms with E-state index >= 15 is 0 Å². The molecule has 0 fully saturated rings. The summed E-state index contributed by atoms with van der Waals surface area (Å²) in [6.45, 7) is 1.95. The zero-order valence-electron chi connectivity index (χ0n) is 13.0. The number of carbonyl (C=O) groups excluding carboxylic acids is 1. The van der Waals surface area contributed by atoms with E-state index in [0.29, 0.717) is 23.1 Å². The number of halogens is 1. The molecule has 0 aliphatic carbocycles. The molecule has 1 heterocycles. The van der Waals surface area contributed by atoms with Crippen molar-refractivity contribution in [2.75, 3.05) is 6.79 Å². The second kappa shape index (κ2) is 6.81. The van der Waals surface area contributed by atoms with E-state index in [2.05, 4.69) is 6.07 Å². The summed E-state index contributed by atoms with van der Waals surface area (Å²) in [5.74, 6) is 1.15. The molecule has 5 nitrogen and oxygen atoms in total. The molecule has 2 aromatic carbocycles. The molecule has 1 aliphatic rings. The standard InChI is InChI=1S/C18H15ClN2O3/c1-12(22)21(16(9-20)14-3-5-15(19)6-4-14)10-13-2-7-17-18(8-13)24-11-23-17/h2-8,16H,10-11H2,1H3. The Morgan fingerprint density at radius 2 is 1.96 bits per heavy atom. The molecule has 3 rings (SSSR count). The van der Waals surface area contributed by atoms with Crippen LogP contribution in [0.1, 0.15) is 24.1 Å². The van der Waals surface area contributed by atoms with Crippen LogP contribution in [-0.4, -0.2) is 17.6 Å². The van der Waals surface area contributed by atoms with Gasteiger partial charge in [0.25, 0.3) is 0 Å². The largest absolute Gasteiger partial charge is 0.454 e. The number of nitriles is 1. The molecular weight excluding hydrogens is 328 g/mol. The average Bonchev–Trinajstić information content (AvgIpc) is 3.03.